The van der Waals surface area contributed by atoms with E-state index in [9.17, 15) is 0 Å². The number of nitrogens with zero attached hydrogens (tertiary/aromatic N) is 1. The van der Waals surface area contributed by atoms with Crippen LogP contribution in [-0.4, -0.2) is 6.21 Å². The monoisotopic (exact) mass is 370 g/mol. The highest BCUT2D eigenvalue weighted by molar-refractivity contribution is 9.10. The first-order chi connectivity index (χ1) is 9.58. The number of benzene rings is 2. The lowest BCUT2D eigenvalue weighted by atomic mass is 10.2. The highest BCUT2D eigenvalue weighted by atomic mass is 79.9. The molecule has 104 valence electrons. The SMILES string of the molecule is Cc1ccc(/C=N\NCc2c(Cl)cccc2Cl)cc1Br. The predicted octanol–water partition coefficient (Wildman–Crippen LogP) is 5.19. The lowest BCUT2D eigenvalue weighted by molar-refractivity contribution is 0.748. The number of halogens is 3. The predicted molar refractivity (Wildman–Crippen MR) is 89.8 cm³/mol. The normalized spacial score (nSPS) is 11.0. The van der Waals surface area contributed by atoms with Gasteiger partial charge in [-0.25, -0.2) is 0 Å². The number of hydrazone groups is 1. The van der Waals surface area contributed by atoms with Gasteiger partial charge in [0, 0.05) is 20.1 Å². The van der Waals surface area contributed by atoms with E-state index in [0.717, 1.165) is 15.6 Å². The number of aryl methyl sites for hydroxylation is 1. The molecule has 0 bridgehead atoms. The van der Waals surface area contributed by atoms with Crippen LogP contribution in [0.25, 0.3) is 0 Å². The second kappa shape index (κ2) is 7.11. The molecule has 0 aliphatic rings. The van der Waals surface area contributed by atoms with Crippen LogP contribution in [0.15, 0.2) is 46.0 Å². The van der Waals surface area contributed by atoms with Gasteiger partial charge in [-0.1, -0.05) is 57.3 Å². The fourth-order valence-corrected chi connectivity index (χ4v) is 2.56. The third-order valence-electron chi connectivity index (χ3n) is 2.82. The summed E-state index contributed by atoms with van der Waals surface area (Å²) in [6, 6.07) is 11.5. The van der Waals surface area contributed by atoms with E-state index in [0.29, 0.717) is 16.6 Å². The molecule has 0 saturated heterocycles. The molecule has 0 aromatic heterocycles. The molecule has 0 aliphatic heterocycles. The second-order valence-electron chi connectivity index (χ2n) is 4.30. The third-order valence-corrected chi connectivity index (χ3v) is 4.38. The molecule has 2 nitrogen and oxygen atoms in total. The molecular weight excluding hydrogens is 359 g/mol. The molecule has 2 aromatic rings. The van der Waals surface area contributed by atoms with Crippen molar-refractivity contribution in [2.75, 3.05) is 0 Å². The van der Waals surface area contributed by atoms with E-state index in [-0.39, 0.29) is 0 Å². The summed E-state index contributed by atoms with van der Waals surface area (Å²) in [5, 5.41) is 5.45. The minimum Gasteiger partial charge on any atom is -0.306 e. The van der Waals surface area contributed by atoms with E-state index in [4.69, 9.17) is 23.2 Å². The zero-order valence-electron chi connectivity index (χ0n) is 10.8. The van der Waals surface area contributed by atoms with Crippen LogP contribution in [-0.2, 0) is 6.54 Å². The van der Waals surface area contributed by atoms with Crippen LogP contribution in [0, 0.1) is 6.92 Å². The number of hydrogen-bond donors (Lipinski definition) is 1. The topological polar surface area (TPSA) is 24.4 Å². The largest absolute Gasteiger partial charge is 0.306 e. The van der Waals surface area contributed by atoms with E-state index in [2.05, 4.69) is 26.5 Å². The zero-order valence-corrected chi connectivity index (χ0v) is 13.9. The van der Waals surface area contributed by atoms with Crippen molar-refractivity contribution in [3.8, 4) is 0 Å². The highest BCUT2D eigenvalue weighted by Crippen LogP contribution is 2.23. The maximum Gasteiger partial charge on any atom is 0.0609 e. The molecular formula is C15H13BrCl2N2. The van der Waals surface area contributed by atoms with Gasteiger partial charge >= 0.3 is 0 Å². The van der Waals surface area contributed by atoms with Gasteiger partial charge in [-0.3, -0.25) is 0 Å². The summed E-state index contributed by atoms with van der Waals surface area (Å²) < 4.78 is 1.07. The van der Waals surface area contributed by atoms with E-state index in [1.165, 1.54) is 5.56 Å². The second-order valence-corrected chi connectivity index (χ2v) is 5.97. The minimum atomic E-state index is 0.488. The van der Waals surface area contributed by atoms with Crippen molar-refractivity contribution in [2.45, 2.75) is 13.5 Å². The Morgan fingerprint density at radius 3 is 2.55 bits per heavy atom. The molecule has 0 saturated carbocycles. The fraction of sp³-hybridized carbons (Fsp3) is 0.133. The van der Waals surface area contributed by atoms with Crippen LogP contribution in [0.4, 0.5) is 0 Å². The summed E-state index contributed by atoms with van der Waals surface area (Å²) in [5.74, 6) is 0. The Bertz CT molecular complexity index is 622. The Balaban J connectivity index is 1.99. The van der Waals surface area contributed by atoms with Gasteiger partial charge in [0.15, 0.2) is 0 Å². The lowest BCUT2D eigenvalue weighted by Gasteiger charge is -2.06. The van der Waals surface area contributed by atoms with Crippen LogP contribution < -0.4 is 5.43 Å². The van der Waals surface area contributed by atoms with Crippen LogP contribution >= 0.6 is 39.1 Å². The fourth-order valence-electron chi connectivity index (χ4n) is 1.64. The quantitative estimate of drug-likeness (QED) is 0.580. The zero-order chi connectivity index (χ0) is 14.5. The van der Waals surface area contributed by atoms with Crippen LogP contribution in [0.5, 0.6) is 0 Å². The number of hydrogen-bond acceptors (Lipinski definition) is 2. The Morgan fingerprint density at radius 1 is 1.20 bits per heavy atom. The lowest BCUT2D eigenvalue weighted by Crippen LogP contribution is -2.06. The average Bonchev–Trinajstić information content (AvgIpc) is 2.41. The van der Waals surface area contributed by atoms with Crippen molar-refractivity contribution in [1.29, 1.82) is 0 Å². The summed E-state index contributed by atoms with van der Waals surface area (Å²) >= 11 is 15.7. The first-order valence-corrected chi connectivity index (χ1v) is 7.58. The van der Waals surface area contributed by atoms with Crippen molar-refractivity contribution in [3.63, 3.8) is 0 Å². The van der Waals surface area contributed by atoms with Gasteiger partial charge in [0.25, 0.3) is 0 Å². The maximum atomic E-state index is 6.08. The molecule has 1 N–H and O–H groups in total. The van der Waals surface area contributed by atoms with Crippen molar-refractivity contribution in [2.24, 2.45) is 5.10 Å². The Hall–Kier alpha value is -1.03. The summed E-state index contributed by atoms with van der Waals surface area (Å²) in [7, 11) is 0. The molecule has 2 aromatic carbocycles. The standard InChI is InChI=1S/C15H13BrCl2N2/c1-10-5-6-11(7-13(10)16)8-19-20-9-12-14(17)3-2-4-15(12)18/h2-8,20H,9H2,1H3/b19-8-. The van der Waals surface area contributed by atoms with Gasteiger partial charge in [-0.15, -0.1) is 0 Å². The van der Waals surface area contributed by atoms with E-state index >= 15 is 0 Å². The first kappa shape index (κ1) is 15.4. The smallest absolute Gasteiger partial charge is 0.0609 e. The number of rotatable bonds is 4. The molecule has 0 spiro atoms. The first-order valence-electron chi connectivity index (χ1n) is 6.03. The summed E-state index contributed by atoms with van der Waals surface area (Å²) in [4.78, 5) is 0. The van der Waals surface area contributed by atoms with Crippen LogP contribution in [0.1, 0.15) is 16.7 Å². The Morgan fingerprint density at radius 2 is 1.90 bits per heavy atom. The van der Waals surface area contributed by atoms with Gasteiger partial charge in [0.1, 0.15) is 0 Å². The molecule has 0 radical (unpaired) electrons. The Labute approximate surface area is 136 Å². The van der Waals surface area contributed by atoms with Crippen molar-refractivity contribution in [3.05, 3.63) is 67.6 Å². The van der Waals surface area contributed by atoms with E-state index in [1.807, 2.05) is 43.3 Å². The van der Waals surface area contributed by atoms with Gasteiger partial charge in [-0.2, -0.15) is 5.10 Å². The molecule has 0 atom stereocenters. The molecule has 2 rings (SSSR count). The third kappa shape index (κ3) is 3.98. The molecule has 0 unspecified atom stereocenters. The van der Waals surface area contributed by atoms with Gasteiger partial charge in [0.05, 0.1) is 12.8 Å². The average molecular weight is 372 g/mol. The summed E-state index contributed by atoms with van der Waals surface area (Å²) in [6.45, 7) is 2.53. The summed E-state index contributed by atoms with van der Waals surface area (Å²) in [5.41, 5.74) is 6.00. The van der Waals surface area contributed by atoms with Gasteiger partial charge in [0.2, 0.25) is 0 Å². The minimum absolute atomic E-state index is 0.488. The molecule has 0 amide bonds. The van der Waals surface area contributed by atoms with Gasteiger partial charge in [-0.05, 0) is 36.2 Å². The molecule has 5 heteroatoms. The van der Waals surface area contributed by atoms with Crippen molar-refractivity contribution >= 4 is 45.3 Å². The molecule has 0 aliphatic carbocycles. The highest BCUT2D eigenvalue weighted by Gasteiger charge is 2.03. The van der Waals surface area contributed by atoms with Crippen LogP contribution in [0.2, 0.25) is 10.0 Å². The number of nitrogens with one attached hydrogen (secondary N) is 1. The Kier molecular flexibility index (Phi) is 5.46. The van der Waals surface area contributed by atoms with E-state index in [1.54, 1.807) is 6.21 Å². The summed E-state index contributed by atoms with van der Waals surface area (Å²) in [6.07, 6.45) is 1.76. The van der Waals surface area contributed by atoms with Crippen molar-refractivity contribution < 1.29 is 0 Å². The van der Waals surface area contributed by atoms with E-state index < -0.39 is 0 Å². The molecule has 0 fully saturated rings. The molecule has 20 heavy (non-hydrogen) atoms. The molecule has 0 heterocycles. The van der Waals surface area contributed by atoms with Crippen LogP contribution in [0.3, 0.4) is 0 Å². The van der Waals surface area contributed by atoms with Gasteiger partial charge < -0.3 is 5.43 Å². The maximum absolute atomic E-state index is 6.08. The van der Waals surface area contributed by atoms with Crippen molar-refractivity contribution in [1.82, 2.24) is 5.43 Å².